The Kier molecular flexibility index (Phi) is 6.30. The average molecular weight is 431 g/mol. The summed E-state index contributed by atoms with van der Waals surface area (Å²) in [4.78, 5) is 38.5. The van der Waals surface area contributed by atoms with Crippen LogP contribution in [0.15, 0.2) is 66.7 Å². The Bertz CT molecular complexity index is 1140. The lowest BCUT2D eigenvalue weighted by molar-refractivity contribution is -0.123. The molecule has 3 N–H and O–H groups in total. The highest BCUT2D eigenvalue weighted by molar-refractivity contribution is 6.21. The Morgan fingerprint density at radius 1 is 0.938 bits per heavy atom. The highest BCUT2D eigenvalue weighted by atomic mass is 16.3. The van der Waals surface area contributed by atoms with Gasteiger partial charge in [-0.1, -0.05) is 54.6 Å². The van der Waals surface area contributed by atoms with Gasteiger partial charge < -0.3 is 15.7 Å². The average Bonchev–Trinajstić information content (AvgIpc) is 3.06. The van der Waals surface area contributed by atoms with Crippen LogP contribution >= 0.6 is 0 Å². The number of nitrogens with zero attached hydrogens (tertiary/aromatic N) is 1. The van der Waals surface area contributed by atoms with Crippen LogP contribution in [0.1, 0.15) is 26.3 Å². The van der Waals surface area contributed by atoms with E-state index in [9.17, 15) is 19.5 Å². The van der Waals surface area contributed by atoms with Gasteiger partial charge in [0.25, 0.3) is 11.8 Å². The number of benzene rings is 3. The number of imide groups is 1. The Hall–Kier alpha value is -3.55. The van der Waals surface area contributed by atoms with Crippen LogP contribution < -0.4 is 10.6 Å². The molecule has 0 saturated carbocycles. The smallest absolute Gasteiger partial charge is 0.261 e. The van der Waals surface area contributed by atoms with Crippen LogP contribution in [0.25, 0.3) is 10.8 Å². The van der Waals surface area contributed by atoms with Crippen LogP contribution in [0.4, 0.5) is 0 Å². The Morgan fingerprint density at radius 3 is 2.22 bits per heavy atom. The number of β-amino-alcohol motifs (C(OH)–C–C–N with tert-alkyl or cyclic N) is 1. The van der Waals surface area contributed by atoms with Crippen molar-refractivity contribution in [3.8, 4) is 0 Å². The molecule has 1 aliphatic rings. The van der Waals surface area contributed by atoms with Gasteiger partial charge >= 0.3 is 0 Å². The van der Waals surface area contributed by atoms with E-state index in [-0.39, 0.29) is 19.0 Å². The van der Waals surface area contributed by atoms with E-state index in [4.69, 9.17) is 0 Å². The number of hydrogen-bond donors (Lipinski definition) is 3. The molecule has 7 heteroatoms. The van der Waals surface area contributed by atoms with E-state index in [0.717, 1.165) is 21.2 Å². The van der Waals surface area contributed by atoms with Crippen molar-refractivity contribution in [2.24, 2.45) is 0 Å². The van der Waals surface area contributed by atoms with Gasteiger partial charge in [0, 0.05) is 6.54 Å². The zero-order chi connectivity index (χ0) is 22.7. The maximum atomic E-state index is 12.7. The number of hydrogen-bond acceptors (Lipinski definition) is 5. The number of carbonyl (C=O) groups is 3. The molecule has 1 heterocycles. The van der Waals surface area contributed by atoms with E-state index < -0.39 is 24.0 Å². The van der Waals surface area contributed by atoms with Crippen molar-refractivity contribution in [1.82, 2.24) is 15.5 Å². The Balaban J connectivity index is 1.32. The maximum Gasteiger partial charge on any atom is 0.261 e. The molecule has 164 valence electrons. The van der Waals surface area contributed by atoms with Gasteiger partial charge in [0.1, 0.15) is 0 Å². The molecule has 0 spiro atoms. The van der Waals surface area contributed by atoms with Gasteiger partial charge in [-0.15, -0.1) is 0 Å². The van der Waals surface area contributed by atoms with Crippen molar-refractivity contribution in [3.63, 3.8) is 0 Å². The lowest BCUT2D eigenvalue weighted by Crippen LogP contribution is -2.48. The van der Waals surface area contributed by atoms with Crippen LogP contribution in [0.2, 0.25) is 0 Å². The number of carbonyl (C=O) groups excluding carboxylic acids is 3. The van der Waals surface area contributed by atoms with Gasteiger partial charge in [-0.3, -0.25) is 19.3 Å². The third kappa shape index (κ3) is 4.39. The highest BCUT2D eigenvalue weighted by Gasteiger charge is 2.36. The van der Waals surface area contributed by atoms with E-state index in [1.807, 2.05) is 36.4 Å². The molecule has 1 aliphatic heterocycles. The molecule has 0 aliphatic carbocycles. The summed E-state index contributed by atoms with van der Waals surface area (Å²) in [5.41, 5.74) is 1.68. The Morgan fingerprint density at radius 2 is 1.56 bits per heavy atom. The van der Waals surface area contributed by atoms with Gasteiger partial charge in [-0.25, -0.2) is 0 Å². The first-order valence-corrected chi connectivity index (χ1v) is 10.5. The second-order valence-corrected chi connectivity index (χ2v) is 7.89. The minimum absolute atomic E-state index is 0.0673. The fraction of sp³-hybridized carbons (Fsp3) is 0.240. The van der Waals surface area contributed by atoms with E-state index in [2.05, 4.69) is 16.7 Å². The number of fused-ring (bicyclic) bond motifs is 2. The van der Waals surface area contributed by atoms with Crippen molar-refractivity contribution >= 4 is 28.5 Å². The first-order chi connectivity index (χ1) is 15.5. The molecule has 2 unspecified atom stereocenters. The summed E-state index contributed by atoms with van der Waals surface area (Å²) in [6, 6.07) is 20.2. The van der Waals surface area contributed by atoms with Crippen LogP contribution in [0.5, 0.6) is 0 Å². The van der Waals surface area contributed by atoms with Crippen molar-refractivity contribution in [2.45, 2.75) is 18.6 Å². The molecule has 0 radical (unpaired) electrons. The third-order valence-electron chi connectivity index (χ3n) is 5.70. The standard InChI is InChI=1S/C25H25N3O4/c1-26-22(13-16-10-11-17-6-2-3-7-18(17)12-16)23(30)27-14-19(29)15-28-24(31)20-8-4-5-9-21(20)25(28)32/h2-12,19,22,26,29H,13-15H2,1H3,(H,27,30). The lowest BCUT2D eigenvalue weighted by Gasteiger charge is -2.21. The summed E-state index contributed by atoms with van der Waals surface area (Å²) >= 11 is 0. The van der Waals surface area contributed by atoms with E-state index in [1.165, 1.54) is 0 Å². The molecule has 7 nitrogen and oxygen atoms in total. The molecule has 3 amide bonds. The summed E-state index contributed by atoms with van der Waals surface area (Å²) in [5.74, 6) is -1.12. The zero-order valence-corrected chi connectivity index (χ0v) is 17.7. The topological polar surface area (TPSA) is 98.7 Å². The molecule has 0 aromatic heterocycles. The minimum Gasteiger partial charge on any atom is -0.389 e. The highest BCUT2D eigenvalue weighted by Crippen LogP contribution is 2.22. The number of rotatable bonds is 8. The molecule has 0 bridgehead atoms. The quantitative estimate of drug-likeness (QED) is 0.472. The van der Waals surface area contributed by atoms with Crippen molar-refractivity contribution in [2.75, 3.05) is 20.1 Å². The summed E-state index contributed by atoms with van der Waals surface area (Å²) < 4.78 is 0. The summed E-state index contributed by atoms with van der Waals surface area (Å²) in [7, 11) is 1.71. The van der Waals surface area contributed by atoms with Crippen LogP contribution in [0, 0.1) is 0 Å². The second-order valence-electron chi connectivity index (χ2n) is 7.89. The number of amides is 3. The number of likely N-dealkylation sites (N-methyl/N-ethyl adjacent to an activating group) is 1. The van der Waals surface area contributed by atoms with Crippen LogP contribution in [-0.2, 0) is 11.2 Å². The van der Waals surface area contributed by atoms with Gasteiger partial charge in [0.05, 0.1) is 29.8 Å². The molecule has 0 fully saturated rings. The van der Waals surface area contributed by atoms with Crippen molar-refractivity contribution in [3.05, 3.63) is 83.4 Å². The molecule has 3 aromatic rings. The van der Waals surface area contributed by atoms with Gasteiger partial charge in [0.2, 0.25) is 5.91 Å². The molecule has 0 saturated heterocycles. The molecule has 4 rings (SSSR count). The number of nitrogens with one attached hydrogen (secondary N) is 2. The molecule has 32 heavy (non-hydrogen) atoms. The molecule has 3 aromatic carbocycles. The minimum atomic E-state index is -1.07. The van der Waals surface area contributed by atoms with Crippen molar-refractivity contribution in [1.29, 1.82) is 0 Å². The van der Waals surface area contributed by atoms with Crippen LogP contribution in [-0.4, -0.2) is 60.0 Å². The van der Waals surface area contributed by atoms with Crippen LogP contribution in [0.3, 0.4) is 0 Å². The fourth-order valence-corrected chi connectivity index (χ4v) is 3.95. The van der Waals surface area contributed by atoms with Gasteiger partial charge in [-0.05, 0) is 41.9 Å². The molecular weight excluding hydrogens is 406 g/mol. The largest absolute Gasteiger partial charge is 0.389 e. The first-order valence-electron chi connectivity index (χ1n) is 10.5. The second kappa shape index (κ2) is 9.30. The first kappa shape index (κ1) is 21.7. The zero-order valence-electron chi connectivity index (χ0n) is 17.7. The summed E-state index contributed by atoms with van der Waals surface area (Å²) in [6.07, 6.45) is -0.582. The van der Waals surface area contributed by atoms with E-state index >= 15 is 0 Å². The fourth-order valence-electron chi connectivity index (χ4n) is 3.95. The normalized spacial score (nSPS) is 15.0. The predicted octanol–water partition coefficient (Wildman–Crippen LogP) is 1.74. The third-order valence-corrected chi connectivity index (χ3v) is 5.70. The van der Waals surface area contributed by atoms with Gasteiger partial charge in [-0.2, -0.15) is 0 Å². The SMILES string of the molecule is CNC(Cc1ccc2ccccc2c1)C(=O)NCC(O)CN1C(=O)c2ccccc2C1=O. The van der Waals surface area contributed by atoms with Gasteiger partial charge in [0.15, 0.2) is 0 Å². The predicted molar refractivity (Wildman–Crippen MR) is 121 cm³/mol. The molecular formula is C25H25N3O4. The summed E-state index contributed by atoms with van der Waals surface area (Å²) in [5, 5.41) is 18.3. The van der Waals surface area contributed by atoms with E-state index in [1.54, 1.807) is 31.3 Å². The van der Waals surface area contributed by atoms with Crippen molar-refractivity contribution < 1.29 is 19.5 Å². The number of aliphatic hydroxyl groups excluding tert-OH is 1. The van der Waals surface area contributed by atoms with E-state index in [0.29, 0.717) is 17.5 Å². The maximum absolute atomic E-state index is 12.7. The summed E-state index contributed by atoms with van der Waals surface area (Å²) in [6.45, 7) is -0.246. The monoisotopic (exact) mass is 431 g/mol. The Labute approximate surface area is 186 Å². The lowest BCUT2D eigenvalue weighted by atomic mass is 10.0. The number of aliphatic hydroxyl groups is 1. The molecule has 2 atom stereocenters.